The van der Waals surface area contributed by atoms with Crippen molar-refractivity contribution >= 4 is 11.3 Å². The number of aromatic nitrogens is 1. The van der Waals surface area contributed by atoms with Crippen LogP contribution in [-0.2, 0) is 5.41 Å². The Morgan fingerprint density at radius 2 is 1.88 bits per heavy atom. The Morgan fingerprint density at radius 3 is 2.25 bits per heavy atom. The summed E-state index contributed by atoms with van der Waals surface area (Å²) < 4.78 is 0. The minimum Gasteiger partial charge on any atom is -0.322 e. The zero-order valence-electron chi connectivity index (χ0n) is 11.1. The van der Waals surface area contributed by atoms with Gasteiger partial charge in [-0.15, -0.1) is 11.3 Å². The lowest BCUT2D eigenvalue weighted by atomic mass is 9.93. The molecule has 0 radical (unpaired) electrons. The molecule has 2 N–H and O–H groups in total. The predicted molar refractivity (Wildman–Crippen MR) is 71.8 cm³/mol. The quantitative estimate of drug-likeness (QED) is 0.867. The van der Waals surface area contributed by atoms with Crippen molar-refractivity contribution < 1.29 is 0 Å². The number of rotatable bonds is 4. The largest absolute Gasteiger partial charge is 0.322 e. The van der Waals surface area contributed by atoms with Gasteiger partial charge in [-0.1, -0.05) is 47.5 Å². The van der Waals surface area contributed by atoms with Crippen LogP contribution in [0.3, 0.4) is 0 Å². The molecular formula is C13H24N2S. The van der Waals surface area contributed by atoms with E-state index in [1.807, 2.05) is 0 Å². The van der Waals surface area contributed by atoms with E-state index in [-0.39, 0.29) is 11.5 Å². The molecule has 3 heteroatoms. The third kappa shape index (κ3) is 3.05. The van der Waals surface area contributed by atoms with E-state index in [4.69, 9.17) is 10.7 Å². The van der Waals surface area contributed by atoms with Crippen LogP contribution in [0, 0.1) is 5.92 Å². The Morgan fingerprint density at radius 1 is 1.31 bits per heavy atom. The summed E-state index contributed by atoms with van der Waals surface area (Å²) in [7, 11) is 0. The molecule has 0 bridgehead atoms. The van der Waals surface area contributed by atoms with Gasteiger partial charge in [0.2, 0.25) is 0 Å². The lowest BCUT2D eigenvalue weighted by Crippen LogP contribution is -2.21. The maximum Gasteiger partial charge on any atom is 0.110 e. The molecule has 0 fully saturated rings. The first-order valence-corrected chi connectivity index (χ1v) is 6.99. The Labute approximate surface area is 103 Å². The van der Waals surface area contributed by atoms with Crippen molar-refractivity contribution in [3.05, 3.63) is 16.1 Å². The van der Waals surface area contributed by atoms with Crippen LogP contribution >= 0.6 is 11.3 Å². The smallest absolute Gasteiger partial charge is 0.110 e. The van der Waals surface area contributed by atoms with Crippen LogP contribution < -0.4 is 5.73 Å². The van der Waals surface area contributed by atoms with E-state index < -0.39 is 0 Å². The molecule has 1 aromatic heterocycles. The van der Waals surface area contributed by atoms with Gasteiger partial charge in [-0.3, -0.25) is 0 Å². The van der Waals surface area contributed by atoms with Gasteiger partial charge < -0.3 is 5.73 Å². The highest BCUT2D eigenvalue weighted by molar-refractivity contribution is 7.09. The molecule has 0 saturated heterocycles. The molecular weight excluding hydrogens is 216 g/mol. The van der Waals surface area contributed by atoms with Gasteiger partial charge in [0.05, 0.1) is 11.7 Å². The van der Waals surface area contributed by atoms with Crippen LogP contribution in [0.1, 0.15) is 64.2 Å². The van der Waals surface area contributed by atoms with E-state index in [1.54, 1.807) is 11.3 Å². The van der Waals surface area contributed by atoms with Crippen molar-refractivity contribution in [2.24, 2.45) is 11.7 Å². The molecule has 1 heterocycles. The van der Waals surface area contributed by atoms with Crippen LogP contribution in [0.2, 0.25) is 0 Å². The fraction of sp³-hybridized carbons (Fsp3) is 0.769. The van der Waals surface area contributed by atoms with Crippen LogP contribution in [0.4, 0.5) is 0 Å². The first-order valence-electron chi connectivity index (χ1n) is 6.11. The van der Waals surface area contributed by atoms with Gasteiger partial charge in [-0.25, -0.2) is 4.98 Å². The summed E-state index contributed by atoms with van der Waals surface area (Å²) in [5.74, 6) is 0.555. The summed E-state index contributed by atoms with van der Waals surface area (Å²) in [6.45, 7) is 11.0. The molecule has 16 heavy (non-hydrogen) atoms. The molecule has 2 nitrogen and oxygen atoms in total. The fourth-order valence-corrected chi connectivity index (χ4v) is 2.92. The monoisotopic (exact) mass is 240 g/mol. The van der Waals surface area contributed by atoms with E-state index in [1.165, 1.54) is 0 Å². The third-order valence-electron chi connectivity index (χ3n) is 3.13. The average Bonchev–Trinajstić information content (AvgIpc) is 2.67. The summed E-state index contributed by atoms with van der Waals surface area (Å²) in [6, 6.07) is 0.107. The topological polar surface area (TPSA) is 38.9 Å². The zero-order valence-corrected chi connectivity index (χ0v) is 11.9. The van der Waals surface area contributed by atoms with Gasteiger partial charge >= 0.3 is 0 Å². The lowest BCUT2D eigenvalue weighted by Gasteiger charge is -2.19. The molecule has 0 amide bonds. The SMILES string of the molecule is CCC(CC)C(N)c1nc(C(C)(C)C)cs1. The highest BCUT2D eigenvalue weighted by atomic mass is 32.1. The molecule has 1 rings (SSSR count). The Bertz CT molecular complexity index is 321. The van der Waals surface area contributed by atoms with E-state index >= 15 is 0 Å². The predicted octanol–water partition coefficient (Wildman–Crippen LogP) is 3.88. The van der Waals surface area contributed by atoms with Crippen LogP contribution in [0.15, 0.2) is 5.38 Å². The molecule has 0 aliphatic rings. The molecule has 0 spiro atoms. The number of nitrogens with two attached hydrogens (primary N) is 1. The molecule has 0 aliphatic heterocycles. The maximum absolute atomic E-state index is 6.26. The second-order valence-corrected chi connectivity index (χ2v) is 6.31. The summed E-state index contributed by atoms with van der Waals surface area (Å²) in [5.41, 5.74) is 7.55. The van der Waals surface area contributed by atoms with Gasteiger partial charge in [-0.05, 0) is 5.92 Å². The number of thiazole rings is 1. The van der Waals surface area contributed by atoms with E-state index in [0.717, 1.165) is 23.5 Å². The van der Waals surface area contributed by atoms with Crippen molar-refractivity contribution in [1.82, 2.24) is 4.98 Å². The molecule has 1 unspecified atom stereocenters. The zero-order chi connectivity index (χ0) is 12.3. The third-order valence-corrected chi connectivity index (χ3v) is 4.08. The fourth-order valence-electron chi connectivity index (χ4n) is 1.78. The first kappa shape index (κ1) is 13.7. The Hall–Kier alpha value is -0.410. The van der Waals surface area contributed by atoms with Crippen LogP contribution in [0.25, 0.3) is 0 Å². The molecule has 1 aromatic rings. The normalized spacial score (nSPS) is 14.4. The lowest BCUT2D eigenvalue weighted by molar-refractivity contribution is 0.403. The number of hydrogen-bond donors (Lipinski definition) is 1. The highest BCUT2D eigenvalue weighted by Gasteiger charge is 2.22. The van der Waals surface area contributed by atoms with Crippen molar-refractivity contribution in [3.8, 4) is 0 Å². The maximum atomic E-state index is 6.26. The summed E-state index contributed by atoms with van der Waals surface area (Å²) in [5, 5.41) is 3.25. The number of nitrogens with zero attached hydrogens (tertiary/aromatic N) is 1. The Kier molecular flexibility index (Phi) is 4.51. The average molecular weight is 240 g/mol. The van der Waals surface area contributed by atoms with Gasteiger partial charge in [0.15, 0.2) is 0 Å². The first-order chi connectivity index (χ1) is 7.40. The standard InChI is InChI=1S/C13H24N2S/c1-6-9(7-2)11(14)12-15-10(8-16-12)13(3,4)5/h8-9,11H,6-7,14H2,1-5H3. The summed E-state index contributed by atoms with van der Waals surface area (Å²) in [6.07, 6.45) is 2.25. The molecule has 1 atom stereocenters. The minimum atomic E-state index is 0.107. The number of hydrogen-bond acceptors (Lipinski definition) is 3. The van der Waals surface area contributed by atoms with Crippen LogP contribution in [0.5, 0.6) is 0 Å². The van der Waals surface area contributed by atoms with E-state index in [9.17, 15) is 0 Å². The minimum absolute atomic E-state index is 0.107. The summed E-state index contributed by atoms with van der Waals surface area (Å²) in [4.78, 5) is 4.69. The summed E-state index contributed by atoms with van der Waals surface area (Å²) >= 11 is 1.71. The molecule has 0 saturated carbocycles. The van der Waals surface area contributed by atoms with Gasteiger partial charge in [0, 0.05) is 10.8 Å². The van der Waals surface area contributed by atoms with Crippen LogP contribution in [-0.4, -0.2) is 4.98 Å². The van der Waals surface area contributed by atoms with Crippen molar-refractivity contribution in [3.63, 3.8) is 0 Å². The van der Waals surface area contributed by atoms with Gasteiger partial charge in [0.25, 0.3) is 0 Å². The van der Waals surface area contributed by atoms with Crippen molar-refractivity contribution in [1.29, 1.82) is 0 Å². The second-order valence-electron chi connectivity index (χ2n) is 5.42. The highest BCUT2D eigenvalue weighted by Crippen LogP contribution is 2.30. The molecule has 92 valence electrons. The van der Waals surface area contributed by atoms with Gasteiger partial charge in [0.1, 0.15) is 5.01 Å². The second kappa shape index (κ2) is 5.28. The van der Waals surface area contributed by atoms with Crippen molar-refractivity contribution in [2.75, 3.05) is 0 Å². The van der Waals surface area contributed by atoms with E-state index in [0.29, 0.717) is 5.92 Å². The van der Waals surface area contributed by atoms with Crippen molar-refractivity contribution in [2.45, 2.75) is 58.9 Å². The molecule has 0 aliphatic carbocycles. The Balaban J connectivity index is 2.85. The molecule has 0 aromatic carbocycles. The van der Waals surface area contributed by atoms with Gasteiger partial charge in [-0.2, -0.15) is 0 Å². The van der Waals surface area contributed by atoms with E-state index in [2.05, 4.69) is 40.0 Å².